The van der Waals surface area contributed by atoms with Gasteiger partial charge in [-0.1, -0.05) is 61.0 Å². The summed E-state index contributed by atoms with van der Waals surface area (Å²) >= 11 is 5.93. The topological polar surface area (TPSA) is 55.1 Å². The number of benzene rings is 2. The van der Waals surface area contributed by atoms with E-state index in [1.165, 1.54) is 0 Å². The average molecular weight is 303 g/mol. The van der Waals surface area contributed by atoms with Crippen molar-refractivity contribution in [2.24, 2.45) is 5.73 Å². The molecule has 0 heterocycles. The van der Waals surface area contributed by atoms with Gasteiger partial charge in [0.05, 0.1) is 12.6 Å². The predicted octanol–water partition coefficient (Wildman–Crippen LogP) is 3.26. The first-order valence-electron chi connectivity index (χ1n) is 6.91. The van der Waals surface area contributed by atoms with E-state index in [9.17, 15) is 4.79 Å². The highest BCUT2D eigenvalue weighted by Crippen LogP contribution is 2.31. The Morgan fingerprint density at radius 3 is 2.29 bits per heavy atom. The van der Waals surface area contributed by atoms with E-state index in [4.69, 9.17) is 17.3 Å². The van der Waals surface area contributed by atoms with E-state index in [1.54, 1.807) is 0 Å². The SMILES string of the molecule is CC(c1ccc(Cl)cc1)C(NC(=O)CN)c1ccccc1. The molecule has 3 nitrogen and oxygen atoms in total. The Labute approximate surface area is 130 Å². The Morgan fingerprint density at radius 1 is 1.10 bits per heavy atom. The highest BCUT2D eigenvalue weighted by Gasteiger charge is 2.22. The standard InChI is InChI=1S/C17H19ClN2O/c1-12(13-7-9-15(18)10-8-13)17(20-16(21)11-19)14-5-3-2-4-6-14/h2-10,12,17H,11,19H2,1H3,(H,20,21). The second kappa shape index (κ2) is 7.25. The summed E-state index contributed by atoms with van der Waals surface area (Å²) in [4.78, 5) is 11.7. The number of nitrogens with one attached hydrogen (secondary N) is 1. The second-order valence-electron chi connectivity index (χ2n) is 5.00. The number of hydrogen-bond donors (Lipinski definition) is 2. The van der Waals surface area contributed by atoms with Gasteiger partial charge in [-0.25, -0.2) is 0 Å². The maximum atomic E-state index is 11.7. The molecule has 1 amide bonds. The summed E-state index contributed by atoms with van der Waals surface area (Å²) in [6, 6.07) is 17.5. The van der Waals surface area contributed by atoms with Crippen LogP contribution in [-0.2, 0) is 4.79 Å². The van der Waals surface area contributed by atoms with Gasteiger partial charge in [-0.2, -0.15) is 0 Å². The lowest BCUT2D eigenvalue weighted by molar-refractivity contribution is -0.120. The zero-order chi connectivity index (χ0) is 15.2. The molecule has 2 unspecified atom stereocenters. The summed E-state index contributed by atoms with van der Waals surface area (Å²) in [5, 5.41) is 3.70. The molecule has 0 saturated heterocycles. The van der Waals surface area contributed by atoms with Gasteiger partial charge in [0.2, 0.25) is 5.91 Å². The smallest absolute Gasteiger partial charge is 0.234 e. The van der Waals surface area contributed by atoms with Crippen LogP contribution in [0.15, 0.2) is 54.6 Å². The van der Waals surface area contributed by atoms with Crippen LogP contribution in [0, 0.1) is 0 Å². The zero-order valence-corrected chi connectivity index (χ0v) is 12.7. The van der Waals surface area contributed by atoms with Crippen molar-refractivity contribution in [3.63, 3.8) is 0 Å². The Morgan fingerprint density at radius 2 is 1.71 bits per heavy atom. The average Bonchev–Trinajstić information content (AvgIpc) is 2.53. The maximum absolute atomic E-state index is 11.7. The van der Waals surface area contributed by atoms with E-state index in [0.717, 1.165) is 11.1 Å². The van der Waals surface area contributed by atoms with E-state index < -0.39 is 0 Å². The van der Waals surface area contributed by atoms with Crippen LogP contribution in [-0.4, -0.2) is 12.5 Å². The number of amides is 1. The molecule has 4 heteroatoms. The molecule has 2 rings (SSSR count). The number of carbonyl (C=O) groups is 1. The van der Waals surface area contributed by atoms with Crippen LogP contribution in [0.3, 0.4) is 0 Å². The molecule has 0 radical (unpaired) electrons. The highest BCUT2D eigenvalue weighted by molar-refractivity contribution is 6.30. The molecule has 0 aliphatic carbocycles. The molecule has 0 aliphatic heterocycles. The predicted molar refractivity (Wildman–Crippen MR) is 86.2 cm³/mol. The largest absolute Gasteiger partial charge is 0.348 e. The summed E-state index contributed by atoms with van der Waals surface area (Å²) < 4.78 is 0. The fourth-order valence-corrected chi connectivity index (χ4v) is 2.47. The number of rotatable bonds is 5. The Kier molecular flexibility index (Phi) is 5.37. The van der Waals surface area contributed by atoms with Crippen molar-refractivity contribution in [3.8, 4) is 0 Å². The molecule has 3 N–H and O–H groups in total. The Balaban J connectivity index is 2.30. The normalized spacial score (nSPS) is 13.5. The lowest BCUT2D eigenvalue weighted by Crippen LogP contribution is -2.36. The number of nitrogens with two attached hydrogens (primary N) is 1. The van der Waals surface area contributed by atoms with Gasteiger partial charge in [-0.05, 0) is 23.3 Å². The Hall–Kier alpha value is -1.84. The van der Waals surface area contributed by atoms with Crippen LogP contribution in [0.1, 0.15) is 30.0 Å². The molecule has 0 aliphatic rings. The third kappa shape index (κ3) is 4.06. The molecule has 2 atom stereocenters. The summed E-state index contributed by atoms with van der Waals surface area (Å²) in [6.07, 6.45) is 0. The molecule has 0 spiro atoms. The molecule has 0 bridgehead atoms. The van der Waals surface area contributed by atoms with E-state index in [-0.39, 0.29) is 24.4 Å². The van der Waals surface area contributed by atoms with E-state index in [0.29, 0.717) is 5.02 Å². The van der Waals surface area contributed by atoms with Crippen LogP contribution >= 0.6 is 11.6 Å². The van der Waals surface area contributed by atoms with Gasteiger partial charge in [0.25, 0.3) is 0 Å². The van der Waals surface area contributed by atoms with Gasteiger partial charge in [0.1, 0.15) is 0 Å². The van der Waals surface area contributed by atoms with E-state index in [2.05, 4.69) is 12.2 Å². The van der Waals surface area contributed by atoms with Crippen molar-refractivity contribution < 1.29 is 4.79 Å². The minimum atomic E-state index is -0.162. The fourth-order valence-electron chi connectivity index (χ4n) is 2.35. The van der Waals surface area contributed by atoms with Gasteiger partial charge in [0.15, 0.2) is 0 Å². The van der Waals surface area contributed by atoms with Gasteiger partial charge in [-0.15, -0.1) is 0 Å². The first kappa shape index (κ1) is 15.5. The molecular weight excluding hydrogens is 284 g/mol. The van der Waals surface area contributed by atoms with Gasteiger partial charge >= 0.3 is 0 Å². The molecule has 21 heavy (non-hydrogen) atoms. The van der Waals surface area contributed by atoms with Crippen molar-refractivity contribution in [2.45, 2.75) is 18.9 Å². The summed E-state index contributed by atoms with van der Waals surface area (Å²) in [6.45, 7) is 2.06. The van der Waals surface area contributed by atoms with Crippen molar-refractivity contribution in [3.05, 3.63) is 70.7 Å². The summed E-state index contributed by atoms with van der Waals surface area (Å²) in [5.74, 6) is -0.0511. The third-order valence-corrected chi connectivity index (χ3v) is 3.81. The van der Waals surface area contributed by atoms with Crippen LogP contribution in [0.2, 0.25) is 5.02 Å². The summed E-state index contributed by atoms with van der Waals surface area (Å²) in [5.41, 5.74) is 7.60. The number of carbonyl (C=O) groups excluding carboxylic acids is 1. The van der Waals surface area contributed by atoms with Crippen LogP contribution in [0.5, 0.6) is 0 Å². The van der Waals surface area contributed by atoms with Gasteiger partial charge in [-0.3, -0.25) is 4.79 Å². The molecule has 2 aromatic carbocycles. The Bertz CT molecular complexity index is 583. The molecule has 110 valence electrons. The maximum Gasteiger partial charge on any atom is 0.234 e. The van der Waals surface area contributed by atoms with Gasteiger partial charge in [0, 0.05) is 10.9 Å². The minimum absolute atomic E-state index is 0.0172. The van der Waals surface area contributed by atoms with Crippen molar-refractivity contribution in [2.75, 3.05) is 6.54 Å². The highest BCUT2D eigenvalue weighted by atomic mass is 35.5. The fraction of sp³-hybridized carbons (Fsp3) is 0.235. The minimum Gasteiger partial charge on any atom is -0.348 e. The zero-order valence-electron chi connectivity index (χ0n) is 11.9. The van der Waals surface area contributed by atoms with Crippen molar-refractivity contribution in [1.29, 1.82) is 0 Å². The number of halogens is 1. The first-order chi connectivity index (χ1) is 10.1. The lowest BCUT2D eigenvalue weighted by Gasteiger charge is -2.26. The quantitative estimate of drug-likeness (QED) is 0.890. The molecular formula is C17H19ClN2O. The first-order valence-corrected chi connectivity index (χ1v) is 7.29. The van der Waals surface area contributed by atoms with Crippen molar-refractivity contribution >= 4 is 17.5 Å². The lowest BCUT2D eigenvalue weighted by atomic mass is 9.88. The van der Waals surface area contributed by atoms with Gasteiger partial charge < -0.3 is 11.1 Å². The molecule has 0 aromatic heterocycles. The van der Waals surface area contributed by atoms with Crippen LogP contribution in [0.4, 0.5) is 0 Å². The second-order valence-corrected chi connectivity index (χ2v) is 5.44. The molecule has 2 aromatic rings. The summed E-state index contributed by atoms with van der Waals surface area (Å²) in [7, 11) is 0. The van der Waals surface area contributed by atoms with Crippen LogP contribution < -0.4 is 11.1 Å². The van der Waals surface area contributed by atoms with E-state index in [1.807, 2.05) is 54.6 Å². The number of hydrogen-bond acceptors (Lipinski definition) is 2. The van der Waals surface area contributed by atoms with Crippen LogP contribution in [0.25, 0.3) is 0 Å². The monoisotopic (exact) mass is 302 g/mol. The molecule has 0 saturated carbocycles. The third-order valence-electron chi connectivity index (χ3n) is 3.56. The molecule has 0 fully saturated rings. The van der Waals surface area contributed by atoms with Crippen molar-refractivity contribution in [1.82, 2.24) is 5.32 Å². The van der Waals surface area contributed by atoms with E-state index >= 15 is 0 Å².